The van der Waals surface area contributed by atoms with E-state index in [1.165, 1.54) is 0 Å². The van der Waals surface area contributed by atoms with Gasteiger partial charge in [-0.3, -0.25) is 0 Å². The summed E-state index contributed by atoms with van der Waals surface area (Å²) in [5.41, 5.74) is -1.43. The van der Waals surface area contributed by atoms with Gasteiger partial charge in [0.2, 0.25) is 0 Å². The average Bonchev–Trinajstić information content (AvgIpc) is 2.24. The van der Waals surface area contributed by atoms with E-state index in [2.05, 4.69) is 6.92 Å². The molecule has 102 valence electrons. The minimum Gasteiger partial charge on any atom is -0.479 e. The molecule has 0 aliphatic rings. The van der Waals surface area contributed by atoms with Gasteiger partial charge in [0.1, 0.15) is 0 Å². The quantitative estimate of drug-likeness (QED) is 0.623. The molecule has 0 bridgehead atoms. The van der Waals surface area contributed by atoms with E-state index in [0.29, 0.717) is 6.42 Å². The number of carboxylic acids is 1. The summed E-state index contributed by atoms with van der Waals surface area (Å²) in [5, 5.41) is 9.32. The molecule has 0 aromatic carbocycles. The fourth-order valence-corrected chi connectivity index (χ4v) is 1.77. The van der Waals surface area contributed by atoms with Gasteiger partial charge < -0.3 is 9.84 Å². The predicted molar refractivity (Wildman–Crippen MR) is 70.3 cm³/mol. The van der Waals surface area contributed by atoms with Gasteiger partial charge in [-0.15, -0.1) is 0 Å². The van der Waals surface area contributed by atoms with Gasteiger partial charge in [-0.2, -0.15) is 0 Å². The minimum absolute atomic E-state index is 0.377. The number of ether oxygens (including phenoxy) is 1. The lowest BCUT2D eigenvalue weighted by atomic mass is 9.95. The van der Waals surface area contributed by atoms with Crippen molar-refractivity contribution in [2.45, 2.75) is 84.3 Å². The van der Waals surface area contributed by atoms with Crippen molar-refractivity contribution in [3.05, 3.63) is 0 Å². The maximum atomic E-state index is 11.4. The molecule has 1 unspecified atom stereocenters. The molecular formula is C14H28O3. The molecule has 1 atom stereocenters. The molecule has 0 rings (SSSR count). The number of carbonyl (C=O) groups is 1. The molecule has 0 saturated carbocycles. The third-order valence-corrected chi connectivity index (χ3v) is 3.31. The topological polar surface area (TPSA) is 46.5 Å². The number of carboxylic acid groups (broad SMARTS) is 1. The van der Waals surface area contributed by atoms with E-state index < -0.39 is 11.6 Å². The smallest absolute Gasteiger partial charge is 0.335 e. The predicted octanol–water partition coefficient (Wildman–Crippen LogP) is 4.01. The van der Waals surface area contributed by atoms with E-state index in [4.69, 9.17) is 4.74 Å². The van der Waals surface area contributed by atoms with Crippen molar-refractivity contribution < 1.29 is 14.6 Å². The number of rotatable bonds is 9. The standard InChI is InChI=1S/C14H28O3/c1-6-8-9-10-11-14(5,12(15)16)17-13(3,4)7-2/h6-11H2,1-5H3,(H,15,16). The number of hydrogen-bond donors (Lipinski definition) is 1. The Morgan fingerprint density at radius 1 is 1.12 bits per heavy atom. The number of unbranched alkanes of at least 4 members (excludes halogenated alkanes) is 3. The Balaban J connectivity index is 4.41. The Hall–Kier alpha value is -0.570. The lowest BCUT2D eigenvalue weighted by Gasteiger charge is -2.35. The summed E-state index contributed by atoms with van der Waals surface area (Å²) in [4.78, 5) is 11.4. The van der Waals surface area contributed by atoms with Crippen molar-refractivity contribution in [3.8, 4) is 0 Å². The van der Waals surface area contributed by atoms with Crippen LogP contribution < -0.4 is 0 Å². The molecule has 17 heavy (non-hydrogen) atoms. The molecule has 0 amide bonds. The largest absolute Gasteiger partial charge is 0.479 e. The second-order valence-corrected chi connectivity index (χ2v) is 5.56. The van der Waals surface area contributed by atoms with Crippen LogP contribution in [0.15, 0.2) is 0 Å². The van der Waals surface area contributed by atoms with Crippen LogP contribution in [-0.2, 0) is 9.53 Å². The fourth-order valence-electron chi connectivity index (χ4n) is 1.77. The Labute approximate surface area is 106 Å². The molecule has 3 heteroatoms. The molecule has 0 spiro atoms. The molecule has 0 saturated heterocycles. The summed E-state index contributed by atoms with van der Waals surface area (Å²) in [6.07, 6.45) is 5.71. The molecule has 0 heterocycles. The average molecular weight is 244 g/mol. The SMILES string of the molecule is CCCCCCC(C)(OC(C)(C)CC)C(=O)O. The minimum atomic E-state index is -1.05. The zero-order chi connectivity index (χ0) is 13.5. The molecule has 0 aliphatic carbocycles. The monoisotopic (exact) mass is 244 g/mol. The summed E-state index contributed by atoms with van der Waals surface area (Å²) < 4.78 is 5.82. The van der Waals surface area contributed by atoms with E-state index in [0.717, 1.165) is 32.1 Å². The van der Waals surface area contributed by atoms with Gasteiger partial charge in [-0.1, -0.05) is 33.1 Å². The second-order valence-electron chi connectivity index (χ2n) is 5.56. The Morgan fingerprint density at radius 2 is 1.71 bits per heavy atom. The Bertz CT molecular complexity index is 236. The van der Waals surface area contributed by atoms with Gasteiger partial charge in [0, 0.05) is 0 Å². The summed E-state index contributed by atoms with van der Waals surface area (Å²) in [6.45, 7) is 9.74. The van der Waals surface area contributed by atoms with Crippen LogP contribution in [0, 0.1) is 0 Å². The highest BCUT2D eigenvalue weighted by Crippen LogP contribution is 2.28. The molecule has 0 aromatic rings. The molecule has 1 N–H and O–H groups in total. The first-order valence-electron chi connectivity index (χ1n) is 6.71. The highest BCUT2D eigenvalue weighted by molar-refractivity contribution is 5.76. The summed E-state index contributed by atoms with van der Waals surface area (Å²) in [6, 6.07) is 0. The first-order chi connectivity index (χ1) is 7.77. The van der Waals surface area contributed by atoms with Crippen molar-refractivity contribution in [2.24, 2.45) is 0 Å². The summed E-state index contributed by atoms with van der Waals surface area (Å²) >= 11 is 0. The lowest BCUT2D eigenvalue weighted by molar-refractivity contribution is -0.185. The van der Waals surface area contributed by atoms with E-state index in [9.17, 15) is 9.90 Å². The van der Waals surface area contributed by atoms with Crippen molar-refractivity contribution in [2.75, 3.05) is 0 Å². The van der Waals surface area contributed by atoms with Gasteiger partial charge in [-0.05, 0) is 40.0 Å². The van der Waals surface area contributed by atoms with Crippen molar-refractivity contribution in [1.29, 1.82) is 0 Å². The maximum absolute atomic E-state index is 11.4. The van der Waals surface area contributed by atoms with Crippen LogP contribution in [0.5, 0.6) is 0 Å². The summed E-state index contributed by atoms with van der Waals surface area (Å²) in [7, 11) is 0. The van der Waals surface area contributed by atoms with E-state index in [1.54, 1.807) is 6.92 Å². The lowest BCUT2D eigenvalue weighted by Crippen LogP contribution is -2.45. The molecule has 0 aliphatic heterocycles. The van der Waals surface area contributed by atoms with Gasteiger partial charge in [-0.25, -0.2) is 4.79 Å². The van der Waals surface area contributed by atoms with Crippen LogP contribution in [0.4, 0.5) is 0 Å². The molecule has 0 radical (unpaired) electrons. The van der Waals surface area contributed by atoms with Gasteiger partial charge >= 0.3 is 5.97 Å². The van der Waals surface area contributed by atoms with Gasteiger partial charge in [0.05, 0.1) is 5.60 Å². The van der Waals surface area contributed by atoms with E-state index in [1.807, 2.05) is 20.8 Å². The molecular weight excluding hydrogens is 216 g/mol. The van der Waals surface area contributed by atoms with Crippen LogP contribution in [0.3, 0.4) is 0 Å². The molecule has 3 nitrogen and oxygen atoms in total. The third kappa shape index (κ3) is 6.06. The maximum Gasteiger partial charge on any atom is 0.335 e. The van der Waals surface area contributed by atoms with Gasteiger partial charge in [0.25, 0.3) is 0 Å². The van der Waals surface area contributed by atoms with Gasteiger partial charge in [0.15, 0.2) is 5.60 Å². The van der Waals surface area contributed by atoms with Crippen LogP contribution >= 0.6 is 0 Å². The van der Waals surface area contributed by atoms with E-state index >= 15 is 0 Å². The van der Waals surface area contributed by atoms with Crippen molar-refractivity contribution in [3.63, 3.8) is 0 Å². The number of aliphatic carboxylic acids is 1. The zero-order valence-corrected chi connectivity index (χ0v) is 12.0. The molecule has 0 fully saturated rings. The van der Waals surface area contributed by atoms with Crippen LogP contribution in [0.25, 0.3) is 0 Å². The fraction of sp³-hybridized carbons (Fsp3) is 0.929. The number of hydrogen-bond acceptors (Lipinski definition) is 2. The van der Waals surface area contributed by atoms with Crippen LogP contribution in [0.1, 0.15) is 73.1 Å². The van der Waals surface area contributed by atoms with Crippen LogP contribution in [-0.4, -0.2) is 22.3 Å². The normalized spacial score (nSPS) is 15.6. The molecule has 0 aromatic heterocycles. The highest BCUT2D eigenvalue weighted by Gasteiger charge is 2.38. The van der Waals surface area contributed by atoms with Crippen molar-refractivity contribution in [1.82, 2.24) is 0 Å². The first kappa shape index (κ1) is 16.4. The first-order valence-corrected chi connectivity index (χ1v) is 6.71. The van der Waals surface area contributed by atoms with E-state index in [-0.39, 0.29) is 5.60 Å². The zero-order valence-electron chi connectivity index (χ0n) is 12.0. The highest BCUT2D eigenvalue weighted by atomic mass is 16.5. The summed E-state index contributed by atoms with van der Waals surface area (Å²) in [5.74, 6) is -0.851. The Kier molecular flexibility index (Phi) is 6.76. The Morgan fingerprint density at radius 3 is 2.12 bits per heavy atom. The second kappa shape index (κ2) is 7.00. The van der Waals surface area contributed by atoms with Crippen LogP contribution in [0.2, 0.25) is 0 Å². The van der Waals surface area contributed by atoms with Crippen molar-refractivity contribution >= 4 is 5.97 Å². The third-order valence-electron chi connectivity index (χ3n) is 3.31.